The molecule has 1 unspecified atom stereocenters. The van der Waals surface area contributed by atoms with E-state index in [0.717, 1.165) is 26.3 Å². The van der Waals surface area contributed by atoms with E-state index in [0.29, 0.717) is 31.7 Å². The number of hydrogen-bond donors (Lipinski definition) is 1. The molecule has 1 aromatic rings. The molecular weight excluding hydrogens is 306 g/mol. The fraction of sp³-hybridized carbons (Fsp3) is 0.722. The van der Waals surface area contributed by atoms with E-state index in [9.17, 15) is 9.90 Å². The van der Waals surface area contributed by atoms with Crippen LogP contribution in [-0.2, 0) is 11.8 Å². The van der Waals surface area contributed by atoms with Gasteiger partial charge >= 0.3 is 0 Å². The van der Waals surface area contributed by atoms with Crippen LogP contribution in [0.1, 0.15) is 30.8 Å². The van der Waals surface area contributed by atoms with Crippen LogP contribution in [0.5, 0.6) is 0 Å². The second-order valence-electron chi connectivity index (χ2n) is 7.79. The maximum atomic E-state index is 12.8. The lowest BCUT2D eigenvalue weighted by Crippen LogP contribution is -2.63. The average molecular weight is 335 g/mol. The molecule has 1 atom stereocenters. The van der Waals surface area contributed by atoms with Crippen LogP contribution in [0.3, 0.4) is 0 Å². The Morgan fingerprint density at radius 2 is 2.00 bits per heavy atom. The quantitative estimate of drug-likeness (QED) is 0.894. The van der Waals surface area contributed by atoms with E-state index in [1.54, 1.807) is 0 Å². The highest BCUT2D eigenvalue weighted by molar-refractivity contribution is 5.92. The van der Waals surface area contributed by atoms with Crippen molar-refractivity contribution < 1.29 is 14.6 Å². The molecule has 3 heterocycles. The Labute approximate surface area is 144 Å². The number of aryl methyl sites for hydroxylation is 1. The summed E-state index contributed by atoms with van der Waals surface area (Å²) in [6.45, 7) is 9.13. The number of likely N-dealkylation sites (tertiary alicyclic amines) is 1. The van der Waals surface area contributed by atoms with Crippen LogP contribution in [-0.4, -0.2) is 76.9 Å². The van der Waals surface area contributed by atoms with Gasteiger partial charge in [-0.25, -0.2) is 0 Å². The summed E-state index contributed by atoms with van der Waals surface area (Å²) in [6.07, 6.45) is 2.49. The number of piperidine rings is 1. The first-order valence-electron chi connectivity index (χ1n) is 8.75. The number of carbonyl (C=O) groups excluding carboxylic acids is 1. The molecule has 0 radical (unpaired) electrons. The number of ether oxygens (including phenoxy) is 1. The molecule has 1 aromatic heterocycles. The molecule has 6 nitrogen and oxygen atoms in total. The Bertz CT molecular complexity index is 592. The van der Waals surface area contributed by atoms with Gasteiger partial charge in [-0.3, -0.25) is 9.69 Å². The van der Waals surface area contributed by atoms with Crippen molar-refractivity contribution in [2.75, 3.05) is 45.9 Å². The zero-order valence-electron chi connectivity index (χ0n) is 15.0. The fourth-order valence-corrected chi connectivity index (χ4v) is 3.80. The molecular formula is C18H29N3O3. The maximum absolute atomic E-state index is 12.8. The van der Waals surface area contributed by atoms with Crippen molar-refractivity contribution in [3.05, 3.63) is 24.0 Å². The van der Waals surface area contributed by atoms with Gasteiger partial charge in [-0.1, -0.05) is 13.8 Å². The van der Waals surface area contributed by atoms with Crippen molar-refractivity contribution in [2.45, 2.75) is 25.9 Å². The summed E-state index contributed by atoms with van der Waals surface area (Å²) in [5.41, 5.74) is -0.441. The lowest BCUT2D eigenvalue weighted by molar-refractivity contribution is -0.133. The van der Waals surface area contributed by atoms with Gasteiger partial charge in [-0.2, -0.15) is 0 Å². The molecule has 24 heavy (non-hydrogen) atoms. The number of aliphatic hydroxyl groups is 1. The molecule has 2 fully saturated rings. The number of rotatable bonds is 3. The Balaban J connectivity index is 1.69. The number of morpholine rings is 1. The minimum absolute atomic E-state index is 0.0454. The minimum atomic E-state index is -0.782. The van der Waals surface area contributed by atoms with Gasteiger partial charge in [-0.05, 0) is 18.6 Å². The maximum Gasteiger partial charge on any atom is 0.270 e. The van der Waals surface area contributed by atoms with Crippen molar-refractivity contribution in [3.63, 3.8) is 0 Å². The van der Waals surface area contributed by atoms with Crippen molar-refractivity contribution in [1.82, 2.24) is 14.4 Å². The van der Waals surface area contributed by atoms with Crippen LogP contribution >= 0.6 is 0 Å². The van der Waals surface area contributed by atoms with Crippen LogP contribution in [0.15, 0.2) is 18.3 Å². The number of nitrogens with zero attached hydrogens (tertiary/aromatic N) is 3. The minimum Gasteiger partial charge on any atom is -0.388 e. The molecule has 0 aromatic carbocycles. The predicted molar refractivity (Wildman–Crippen MR) is 91.9 cm³/mol. The van der Waals surface area contributed by atoms with Gasteiger partial charge in [0.1, 0.15) is 5.69 Å². The van der Waals surface area contributed by atoms with E-state index in [2.05, 4.69) is 18.7 Å². The van der Waals surface area contributed by atoms with Crippen molar-refractivity contribution in [2.24, 2.45) is 12.5 Å². The summed E-state index contributed by atoms with van der Waals surface area (Å²) in [4.78, 5) is 16.9. The van der Waals surface area contributed by atoms with Gasteiger partial charge in [-0.15, -0.1) is 0 Å². The van der Waals surface area contributed by atoms with Gasteiger partial charge in [0, 0.05) is 51.4 Å². The summed E-state index contributed by atoms with van der Waals surface area (Å²) >= 11 is 0. The first-order valence-corrected chi connectivity index (χ1v) is 8.75. The van der Waals surface area contributed by atoms with Crippen LogP contribution < -0.4 is 0 Å². The Morgan fingerprint density at radius 1 is 1.29 bits per heavy atom. The number of hydrogen-bond acceptors (Lipinski definition) is 4. The topological polar surface area (TPSA) is 57.9 Å². The SMILES string of the molecule is Cn1cccc1C(=O)N1CCC(O)(CN2CCOCC2)C(C)(C)C1. The summed E-state index contributed by atoms with van der Waals surface area (Å²) in [7, 11) is 1.89. The Kier molecular flexibility index (Phi) is 4.73. The number of β-amino-alcohol motifs (C(OH)–C–C–N with tert-alkyl or cyclic N) is 1. The van der Waals surface area contributed by atoms with Crippen LogP contribution in [0.4, 0.5) is 0 Å². The fourth-order valence-electron chi connectivity index (χ4n) is 3.80. The normalized spacial score (nSPS) is 28.1. The molecule has 134 valence electrons. The van der Waals surface area contributed by atoms with E-state index in [4.69, 9.17) is 4.74 Å². The molecule has 0 spiro atoms. The van der Waals surface area contributed by atoms with E-state index >= 15 is 0 Å². The largest absolute Gasteiger partial charge is 0.388 e. The second-order valence-corrected chi connectivity index (χ2v) is 7.79. The average Bonchev–Trinajstić information content (AvgIpc) is 2.96. The van der Waals surface area contributed by atoms with E-state index in [-0.39, 0.29) is 11.3 Å². The predicted octanol–water partition coefficient (Wildman–Crippen LogP) is 0.960. The summed E-state index contributed by atoms with van der Waals surface area (Å²) in [5.74, 6) is 0.0454. The molecule has 3 rings (SSSR count). The van der Waals surface area contributed by atoms with Gasteiger partial charge in [0.05, 0.1) is 18.8 Å². The molecule has 2 saturated heterocycles. The highest BCUT2D eigenvalue weighted by atomic mass is 16.5. The highest BCUT2D eigenvalue weighted by Gasteiger charge is 2.49. The van der Waals surface area contributed by atoms with E-state index in [1.807, 2.05) is 34.8 Å². The van der Waals surface area contributed by atoms with Crippen LogP contribution in [0.2, 0.25) is 0 Å². The van der Waals surface area contributed by atoms with Gasteiger partial charge in [0.25, 0.3) is 5.91 Å². The second kappa shape index (κ2) is 6.50. The first kappa shape index (κ1) is 17.5. The first-order chi connectivity index (χ1) is 11.3. The Hall–Kier alpha value is -1.37. The lowest BCUT2D eigenvalue weighted by atomic mass is 9.69. The number of amides is 1. The summed E-state index contributed by atoms with van der Waals surface area (Å²) < 4.78 is 7.25. The third-order valence-corrected chi connectivity index (χ3v) is 5.68. The smallest absolute Gasteiger partial charge is 0.270 e. The number of aromatic nitrogens is 1. The van der Waals surface area contributed by atoms with Gasteiger partial charge in [0.15, 0.2) is 0 Å². The van der Waals surface area contributed by atoms with Crippen molar-refractivity contribution in [1.29, 1.82) is 0 Å². The zero-order valence-corrected chi connectivity index (χ0v) is 15.0. The third-order valence-electron chi connectivity index (χ3n) is 5.68. The molecule has 1 N–H and O–H groups in total. The van der Waals surface area contributed by atoms with Gasteiger partial charge in [0.2, 0.25) is 0 Å². The number of carbonyl (C=O) groups is 1. The van der Waals surface area contributed by atoms with Crippen molar-refractivity contribution >= 4 is 5.91 Å². The zero-order chi connectivity index (χ0) is 17.4. The summed E-state index contributed by atoms with van der Waals surface area (Å²) in [6, 6.07) is 3.74. The molecule has 1 amide bonds. The molecule has 0 aliphatic carbocycles. The van der Waals surface area contributed by atoms with E-state index in [1.165, 1.54) is 0 Å². The Morgan fingerprint density at radius 3 is 2.58 bits per heavy atom. The third kappa shape index (κ3) is 3.23. The monoisotopic (exact) mass is 335 g/mol. The highest BCUT2D eigenvalue weighted by Crippen LogP contribution is 2.39. The lowest BCUT2D eigenvalue weighted by Gasteiger charge is -2.52. The van der Waals surface area contributed by atoms with Crippen LogP contribution in [0.25, 0.3) is 0 Å². The molecule has 2 aliphatic rings. The molecule has 0 saturated carbocycles. The molecule has 2 aliphatic heterocycles. The molecule has 6 heteroatoms. The summed E-state index contributed by atoms with van der Waals surface area (Å²) in [5, 5.41) is 11.3. The van der Waals surface area contributed by atoms with Crippen LogP contribution in [0, 0.1) is 5.41 Å². The van der Waals surface area contributed by atoms with Crippen molar-refractivity contribution in [3.8, 4) is 0 Å². The molecule has 0 bridgehead atoms. The standard InChI is InChI=1S/C18H29N3O3/c1-17(2)13-21(16(22)15-5-4-7-19(15)3)8-6-18(17,23)14-20-9-11-24-12-10-20/h4-5,7,23H,6,8-14H2,1-3H3. The van der Waals surface area contributed by atoms with Gasteiger partial charge < -0.3 is 19.3 Å². The van der Waals surface area contributed by atoms with E-state index < -0.39 is 5.60 Å².